The smallest absolute Gasteiger partial charge is 0.396 e. The molecule has 0 radical (unpaired) electrons. The van der Waals surface area contributed by atoms with Crippen molar-refractivity contribution in [3.8, 4) is 0 Å². The van der Waals surface area contributed by atoms with Gasteiger partial charge >= 0.3 is 6.18 Å². The van der Waals surface area contributed by atoms with Crippen LogP contribution in [0.1, 0.15) is 24.0 Å². The predicted molar refractivity (Wildman–Crippen MR) is 53.9 cm³/mol. The van der Waals surface area contributed by atoms with Crippen LogP contribution in [0.3, 0.4) is 0 Å². The first-order valence-corrected chi connectivity index (χ1v) is 5.33. The monoisotopic (exact) mass is 248 g/mol. The Bertz CT molecular complexity index is 421. The van der Waals surface area contributed by atoms with Crippen molar-refractivity contribution in [2.75, 3.05) is 6.61 Å². The minimum absolute atomic E-state index is 0.0657. The summed E-state index contributed by atoms with van der Waals surface area (Å²) in [6, 6.07) is 2.49. The molecule has 0 amide bonds. The summed E-state index contributed by atoms with van der Waals surface area (Å²) in [5.74, 6) is -0.679. The van der Waals surface area contributed by atoms with Gasteiger partial charge in [-0.3, -0.25) is 0 Å². The molecule has 1 aliphatic carbocycles. The molecule has 1 fully saturated rings. The standard InChI is InChI=1S/C12H12F4O/c13-9-1-2-10(12(14,15)16)8(5-9)6-11(7-17)3-4-11/h1-2,5,17H,3-4,6-7H2. The third-order valence-corrected chi connectivity index (χ3v) is 3.23. The van der Waals surface area contributed by atoms with E-state index in [0.717, 1.165) is 18.2 Å². The lowest BCUT2D eigenvalue weighted by Crippen LogP contribution is -2.16. The number of aliphatic hydroxyl groups excluding tert-OH is 1. The van der Waals surface area contributed by atoms with Gasteiger partial charge in [-0.1, -0.05) is 0 Å². The molecule has 1 saturated carbocycles. The van der Waals surface area contributed by atoms with E-state index in [9.17, 15) is 17.6 Å². The lowest BCUT2D eigenvalue weighted by Gasteiger charge is -2.17. The summed E-state index contributed by atoms with van der Waals surface area (Å²) in [7, 11) is 0. The van der Waals surface area contributed by atoms with Crippen molar-refractivity contribution in [3.63, 3.8) is 0 Å². The van der Waals surface area contributed by atoms with Crippen LogP contribution in [-0.2, 0) is 12.6 Å². The molecule has 1 aliphatic rings. The molecule has 1 nitrogen and oxygen atoms in total. The van der Waals surface area contributed by atoms with E-state index in [-0.39, 0.29) is 18.6 Å². The van der Waals surface area contributed by atoms with Crippen LogP contribution >= 0.6 is 0 Å². The van der Waals surface area contributed by atoms with Gasteiger partial charge in [0.05, 0.1) is 5.56 Å². The van der Waals surface area contributed by atoms with E-state index in [0.29, 0.717) is 12.8 Å². The van der Waals surface area contributed by atoms with Gasteiger partial charge in [0.25, 0.3) is 0 Å². The summed E-state index contributed by atoms with van der Waals surface area (Å²) < 4.78 is 51.1. The lowest BCUT2D eigenvalue weighted by molar-refractivity contribution is -0.138. The van der Waals surface area contributed by atoms with Gasteiger partial charge in [-0.25, -0.2) is 4.39 Å². The van der Waals surface area contributed by atoms with Crippen LogP contribution in [0, 0.1) is 11.2 Å². The molecular formula is C12H12F4O. The number of hydrogen-bond acceptors (Lipinski definition) is 1. The van der Waals surface area contributed by atoms with E-state index in [2.05, 4.69) is 0 Å². The van der Waals surface area contributed by atoms with E-state index in [1.807, 2.05) is 0 Å². The number of halogens is 4. The molecule has 0 heterocycles. The number of aliphatic hydroxyl groups is 1. The summed E-state index contributed by atoms with van der Waals surface area (Å²) >= 11 is 0. The molecule has 1 N–H and O–H groups in total. The highest BCUT2D eigenvalue weighted by atomic mass is 19.4. The molecule has 0 unspecified atom stereocenters. The van der Waals surface area contributed by atoms with Crippen molar-refractivity contribution in [2.24, 2.45) is 5.41 Å². The molecule has 5 heteroatoms. The highest BCUT2D eigenvalue weighted by molar-refractivity contribution is 5.32. The first-order valence-electron chi connectivity index (χ1n) is 5.33. The lowest BCUT2D eigenvalue weighted by atomic mass is 9.93. The van der Waals surface area contributed by atoms with E-state index in [1.165, 1.54) is 0 Å². The first-order chi connectivity index (χ1) is 7.86. The van der Waals surface area contributed by atoms with Crippen molar-refractivity contribution < 1.29 is 22.7 Å². The Morgan fingerprint density at radius 1 is 1.24 bits per heavy atom. The molecule has 0 aromatic heterocycles. The maximum Gasteiger partial charge on any atom is 0.416 e. The van der Waals surface area contributed by atoms with Gasteiger partial charge in [0.1, 0.15) is 5.82 Å². The average Bonchev–Trinajstić information content (AvgIpc) is 2.96. The third kappa shape index (κ3) is 2.60. The predicted octanol–water partition coefficient (Wildman–Crippen LogP) is 3.16. The van der Waals surface area contributed by atoms with Crippen molar-refractivity contribution in [1.82, 2.24) is 0 Å². The zero-order valence-corrected chi connectivity index (χ0v) is 9.02. The molecule has 17 heavy (non-hydrogen) atoms. The minimum atomic E-state index is -4.48. The van der Waals surface area contributed by atoms with E-state index in [4.69, 9.17) is 5.11 Å². The quantitative estimate of drug-likeness (QED) is 0.815. The Hall–Kier alpha value is -1.10. The summed E-state index contributed by atoms with van der Waals surface area (Å²) in [6.07, 6.45) is -3.01. The van der Waals surface area contributed by atoms with Gasteiger partial charge < -0.3 is 5.11 Å². The van der Waals surface area contributed by atoms with Crippen LogP contribution in [0.4, 0.5) is 17.6 Å². The van der Waals surface area contributed by atoms with Crippen molar-refractivity contribution in [1.29, 1.82) is 0 Å². The minimum Gasteiger partial charge on any atom is -0.396 e. The van der Waals surface area contributed by atoms with Gasteiger partial charge in [-0.15, -0.1) is 0 Å². The van der Waals surface area contributed by atoms with Crippen LogP contribution < -0.4 is 0 Å². The molecular weight excluding hydrogens is 236 g/mol. The van der Waals surface area contributed by atoms with Crippen molar-refractivity contribution >= 4 is 0 Å². The Balaban J connectivity index is 2.34. The number of hydrogen-bond donors (Lipinski definition) is 1. The topological polar surface area (TPSA) is 20.2 Å². The van der Waals surface area contributed by atoms with E-state index >= 15 is 0 Å². The highest BCUT2D eigenvalue weighted by Crippen LogP contribution is 2.49. The third-order valence-electron chi connectivity index (χ3n) is 3.23. The molecule has 0 atom stereocenters. The van der Waals surface area contributed by atoms with Gasteiger partial charge in [-0.05, 0) is 48.4 Å². The van der Waals surface area contributed by atoms with Crippen molar-refractivity contribution in [3.05, 3.63) is 35.1 Å². The maximum atomic E-state index is 13.0. The van der Waals surface area contributed by atoms with Gasteiger partial charge in [0, 0.05) is 6.61 Å². The Labute approximate surface area is 96.1 Å². The van der Waals surface area contributed by atoms with Crippen LogP contribution in [-0.4, -0.2) is 11.7 Å². The van der Waals surface area contributed by atoms with Crippen LogP contribution in [0.5, 0.6) is 0 Å². The zero-order valence-electron chi connectivity index (χ0n) is 9.02. The molecule has 0 spiro atoms. The zero-order chi connectivity index (χ0) is 12.7. The Kier molecular flexibility index (Phi) is 2.89. The molecule has 1 aromatic carbocycles. The average molecular weight is 248 g/mol. The summed E-state index contributed by atoms with van der Waals surface area (Å²) in [4.78, 5) is 0. The SMILES string of the molecule is OCC1(Cc2cc(F)ccc2C(F)(F)F)CC1. The second kappa shape index (κ2) is 3.98. The molecule has 0 bridgehead atoms. The fourth-order valence-electron chi connectivity index (χ4n) is 1.96. The van der Waals surface area contributed by atoms with Crippen LogP contribution in [0.2, 0.25) is 0 Å². The number of benzene rings is 1. The molecule has 0 aliphatic heterocycles. The molecule has 1 aromatic rings. The maximum absolute atomic E-state index is 13.0. The number of rotatable bonds is 3. The van der Waals surface area contributed by atoms with Crippen LogP contribution in [0.25, 0.3) is 0 Å². The van der Waals surface area contributed by atoms with Gasteiger partial charge in [0.15, 0.2) is 0 Å². The fraction of sp³-hybridized carbons (Fsp3) is 0.500. The fourth-order valence-corrected chi connectivity index (χ4v) is 1.96. The van der Waals surface area contributed by atoms with E-state index in [1.54, 1.807) is 0 Å². The molecule has 2 rings (SSSR count). The molecule has 94 valence electrons. The number of alkyl halides is 3. The second-order valence-corrected chi connectivity index (χ2v) is 4.63. The van der Waals surface area contributed by atoms with Crippen LogP contribution in [0.15, 0.2) is 18.2 Å². The Morgan fingerprint density at radius 3 is 2.35 bits per heavy atom. The summed E-state index contributed by atoms with van der Waals surface area (Å²) in [5, 5.41) is 9.11. The van der Waals surface area contributed by atoms with Gasteiger partial charge in [0.2, 0.25) is 0 Å². The van der Waals surface area contributed by atoms with Gasteiger partial charge in [-0.2, -0.15) is 13.2 Å². The second-order valence-electron chi connectivity index (χ2n) is 4.63. The largest absolute Gasteiger partial charge is 0.416 e. The van der Waals surface area contributed by atoms with E-state index < -0.39 is 23.0 Å². The Morgan fingerprint density at radius 2 is 1.88 bits per heavy atom. The highest BCUT2D eigenvalue weighted by Gasteiger charge is 2.44. The molecule has 0 saturated heterocycles. The van der Waals surface area contributed by atoms with Crippen molar-refractivity contribution in [2.45, 2.75) is 25.4 Å². The summed E-state index contributed by atoms with van der Waals surface area (Å²) in [5.41, 5.74) is -1.34. The normalized spacial score (nSPS) is 18.2. The first kappa shape index (κ1) is 12.4. The summed E-state index contributed by atoms with van der Waals surface area (Å²) in [6.45, 7) is -0.152.